The summed E-state index contributed by atoms with van der Waals surface area (Å²) in [6, 6.07) is 12.1. The van der Waals surface area contributed by atoms with E-state index in [1.807, 2.05) is 0 Å². The van der Waals surface area contributed by atoms with E-state index in [1.54, 1.807) is 24.3 Å². The predicted molar refractivity (Wildman–Crippen MR) is 169 cm³/mol. The highest BCUT2D eigenvalue weighted by atomic mass is 79.9. The Morgan fingerprint density at radius 2 is 1.00 bits per heavy atom. The molecule has 0 atom stereocenters. The maximum absolute atomic E-state index is 12.6. The van der Waals surface area contributed by atoms with Crippen molar-refractivity contribution in [3.05, 3.63) is 79.9 Å². The van der Waals surface area contributed by atoms with Crippen LogP contribution in [0.3, 0.4) is 0 Å². The van der Waals surface area contributed by atoms with Gasteiger partial charge in [0, 0.05) is 53.2 Å². The van der Waals surface area contributed by atoms with Gasteiger partial charge in [-0.25, -0.2) is 0 Å². The van der Waals surface area contributed by atoms with Crippen LogP contribution in [0.25, 0.3) is 0 Å². The molecular formula is C30H40Br2N2O8. The quantitative estimate of drug-likeness (QED) is 0.0443. The molecule has 0 aromatic heterocycles. The number of non-ortho nitro benzene ring substituents is 2. The lowest BCUT2D eigenvalue weighted by Crippen LogP contribution is -2.39. The molecule has 2 aromatic rings. The summed E-state index contributed by atoms with van der Waals surface area (Å²) in [5, 5.41) is 24.0. The third kappa shape index (κ3) is 13.9. The zero-order valence-corrected chi connectivity index (χ0v) is 26.1. The van der Waals surface area contributed by atoms with Crippen molar-refractivity contribution in [3.63, 3.8) is 0 Å². The van der Waals surface area contributed by atoms with Gasteiger partial charge < -0.3 is 9.47 Å². The standard InChI is InChI=1S/C29H36Br2N2O8.CH4/c30-17-5-1-3-7-27(34)40-21-29(22-41-28(35)8-4-2-6-18-31,19-23-9-13-25(14-10-23)32(36)37)20-24-11-15-26(16-12-24)33(38)39;/h9-16H,1-8,17-22H2;1H4. The minimum Gasteiger partial charge on any atom is -0.465 e. The van der Waals surface area contributed by atoms with Crippen molar-refractivity contribution in [2.75, 3.05) is 23.9 Å². The maximum atomic E-state index is 12.6. The average Bonchev–Trinajstić information content (AvgIpc) is 2.96. The predicted octanol–water partition coefficient (Wildman–Crippen LogP) is 7.91. The van der Waals surface area contributed by atoms with E-state index >= 15 is 0 Å². The fourth-order valence-electron chi connectivity index (χ4n) is 4.34. The Morgan fingerprint density at radius 3 is 1.31 bits per heavy atom. The minimum atomic E-state index is -0.913. The van der Waals surface area contributed by atoms with Crippen LogP contribution in [0.5, 0.6) is 0 Å². The van der Waals surface area contributed by atoms with E-state index in [0.717, 1.165) is 47.5 Å². The van der Waals surface area contributed by atoms with Gasteiger partial charge in [0.1, 0.15) is 13.2 Å². The topological polar surface area (TPSA) is 139 Å². The number of hydrogen-bond donors (Lipinski definition) is 0. The highest BCUT2D eigenvalue weighted by Gasteiger charge is 2.35. The number of alkyl halides is 2. The Kier molecular flexibility index (Phi) is 17.8. The van der Waals surface area contributed by atoms with E-state index in [9.17, 15) is 29.8 Å². The number of ether oxygens (including phenoxy) is 2. The van der Waals surface area contributed by atoms with E-state index < -0.39 is 15.3 Å². The number of esters is 2. The van der Waals surface area contributed by atoms with E-state index in [0.29, 0.717) is 12.8 Å². The molecule has 0 spiro atoms. The van der Waals surface area contributed by atoms with Gasteiger partial charge >= 0.3 is 11.9 Å². The summed E-state index contributed by atoms with van der Waals surface area (Å²) in [6.45, 7) is -0.121. The van der Waals surface area contributed by atoms with Crippen LogP contribution in [-0.4, -0.2) is 45.7 Å². The average molecular weight is 716 g/mol. The number of carbonyl (C=O) groups excluding carboxylic acids is 2. The third-order valence-corrected chi connectivity index (χ3v) is 7.68. The molecule has 0 aliphatic carbocycles. The molecule has 0 amide bonds. The summed E-state index contributed by atoms with van der Waals surface area (Å²) < 4.78 is 11.5. The van der Waals surface area contributed by atoms with Crippen molar-refractivity contribution in [1.82, 2.24) is 0 Å². The van der Waals surface area contributed by atoms with Crippen molar-refractivity contribution in [3.8, 4) is 0 Å². The first-order valence-corrected chi connectivity index (χ1v) is 15.8. The molecular weight excluding hydrogens is 676 g/mol. The lowest BCUT2D eigenvalue weighted by Gasteiger charge is -2.33. The summed E-state index contributed by atoms with van der Waals surface area (Å²) in [5.41, 5.74) is 0.445. The third-order valence-electron chi connectivity index (χ3n) is 6.56. The van der Waals surface area contributed by atoms with Crippen molar-refractivity contribution in [2.24, 2.45) is 5.41 Å². The molecule has 0 saturated heterocycles. The van der Waals surface area contributed by atoms with Crippen molar-refractivity contribution in [2.45, 2.75) is 71.6 Å². The molecule has 2 rings (SSSR count). The summed E-state index contributed by atoms with van der Waals surface area (Å²) in [6.07, 6.45) is 6.11. The molecule has 0 unspecified atom stereocenters. The number of nitrogens with zero attached hydrogens (tertiary/aromatic N) is 2. The van der Waals surface area contributed by atoms with Gasteiger partial charge in [-0.3, -0.25) is 29.8 Å². The van der Waals surface area contributed by atoms with Crippen LogP contribution in [-0.2, 0) is 31.9 Å². The van der Waals surface area contributed by atoms with Crippen LogP contribution in [0.4, 0.5) is 11.4 Å². The number of rotatable bonds is 20. The zero-order chi connectivity index (χ0) is 30.1. The molecule has 0 aliphatic rings. The van der Waals surface area contributed by atoms with E-state index in [2.05, 4.69) is 31.9 Å². The first-order valence-electron chi connectivity index (χ1n) is 13.6. The highest BCUT2D eigenvalue weighted by molar-refractivity contribution is 9.09. The number of benzene rings is 2. The molecule has 0 aliphatic heterocycles. The minimum absolute atomic E-state index is 0. The first-order chi connectivity index (χ1) is 19.7. The van der Waals surface area contributed by atoms with Crippen LogP contribution >= 0.6 is 31.9 Å². The van der Waals surface area contributed by atoms with Crippen LogP contribution < -0.4 is 0 Å². The van der Waals surface area contributed by atoms with Gasteiger partial charge in [0.25, 0.3) is 11.4 Å². The lowest BCUT2D eigenvalue weighted by molar-refractivity contribution is -0.385. The van der Waals surface area contributed by atoms with Crippen LogP contribution in [0.1, 0.15) is 69.9 Å². The number of nitro benzene ring substituents is 2. The largest absolute Gasteiger partial charge is 0.465 e. The number of carbonyl (C=O) groups is 2. The number of halogens is 2. The van der Waals surface area contributed by atoms with E-state index in [4.69, 9.17) is 9.47 Å². The fraction of sp³-hybridized carbons (Fsp3) is 0.533. The van der Waals surface area contributed by atoms with Gasteiger partial charge in [-0.05, 0) is 49.7 Å². The Hall–Kier alpha value is -2.86. The molecule has 0 fully saturated rings. The molecule has 10 nitrogen and oxygen atoms in total. The van der Waals surface area contributed by atoms with Gasteiger partial charge in [0.05, 0.1) is 9.85 Å². The summed E-state index contributed by atoms with van der Waals surface area (Å²) >= 11 is 6.76. The van der Waals surface area contributed by atoms with Gasteiger partial charge in [-0.15, -0.1) is 0 Å². The Morgan fingerprint density at radius 1 is 0.643 bits per heavy atom. The molecule has 232 valence electrons. The van der Waals surface area contributed by atoms with Gasteiger partial charge in [-0.2, -0.15) is 0 Å². The SMILES string of the molecule is C.O=C(CCCCCBr)OCC(COC(=O)CCCCCBr)(Cc1ccc([N+](=O)[O-])cc1)Cc1ccc([N+](=O)[O-])cc1. The molecule has 0 heterocycles. The smallest absolute Gasteiger partial charge is 0.305 e. The van der Waals surface area contributed by atoms with Crippen molar-refractivity contribution >= 4 is 55.2 Å². The lowest BCUT2D eigenvalue weighted by atomic mass is 9.77. The number of unbranched alkanes of at least 4 members (excludes halogenated alkanes) is 4. The second-order valence-corrected chi connectivity index (χ2v) is 11.6. The Labute approximate surface area is 264 Å². The molecule has 0 bridgehead atoms. The first kappa shape index (κ1) is 37.2. The number of hydrogen-bond acceptors (Lipinski definition) is 8. The van der Waals surface area contributed by atoms with E-state index in [-0.39, 0.29) is 69.6 Å². The summed E-state index contributed by atoms with van der Waals surface area (Å²) in [5.74, 6) is -0.727. The second-order valence-electron chi connectivity index (χ2n) is 10.0. The highest BCUT2D eigenvalue weighted by Crippen LogP contribution is 2.31. The molecule has 12 heteroatoms. The normalized spacial score (nSPS) is 10.9. The molecule has 2 aromatic carbocycles. The van der Waals surface area contributed by atoms with Gasteiger partial charge in [0.2, 0.25) is 0 Å². The molecule has 0 saturated carbocycles. The zero-order valence-electron chi connectivity index (χ0n) is 22.9. The van der Waals surface area contributed by atoms with Gasteiger partial charge in [0.15, 0.2) is 0 Å². The van der Waals surface area contributed by atoms with Crippen LogP contribution in [0.15, 0.2) is 48.5 Å². The Bertz CT molecular complexity index is 1040. The number of nitro groups is 2. The maximum Gasteiger partial charge on any atom is 0.305 e. The molecule has 0 radical (unpaired) electrons. The summed E-state index contributed by atoms with van der Waals surface area (Å²) in [4.78, 5) is 46.6. The fourth-order valence-corrected chi connectivity index (χ4v) is 5.13. The van der Waals surface area contributed by atoms with Crippen molar-refractivity contribution < 1.29 is 28.9 Å². The summed E-state index contributed by atoms with van der Waals surface area (Å²) in [7, 11) is 0. The van der Waals surface area contributed by atoms with Crippen LogP contribution in [0, 0.1) is 25.6 Å². The second kappa shape index (κ2) is 20.1. The van der Waals surface area contributed by atoms with Crippen LogP contribution in [0.2, 0.25) is 0 Å². The van der Waals surface area contributed by atoms with E-state index in [1.165, 1.54) is 24.3 Å². The van der Waals surface area contributed by atoms with Gasteiger partial charge in [-0.1, -0.05) is 76.4 Å². The molecule has 42 heavy (non-hydrogen) atoms. The molecule has 0 N–H and O–H groups in total. The monoisotopic (exact) mass is 714 g/mol. The Balaban J connectivity index is 0.00000882. The van der Waals surface area contributed by atoms with Crippen molar-refractivity contribution in [1.29, 1.82) is 0 Å².